The number of rotatable bonds is 2. The van der Waals surface area contributed by atoms with E-state index in [1.165, 1.54) is 5.69 Å². The quantitative estimate of drug-likeness (QED) is 0.646. The molecule has 0 saturated heterocycles. The molecule has 0 aliphatic carbocycles. The van der Waals surface area contributed by atoms with E-state index in [1.807, 2.05) is 20.0 Å². The first-order chi connectivity index (χ1) is 4.75. The van der Waals surface area contributed by atoms with Crippen molar-refractivity contribution < 1.29 is 0 Å². The Morgan fingerprint density at radius 3 is 2.70 bits per heavy atom. The molecule has 0 saturated carbocycles. The van der Waals surface area contributed by atoms with Crippen LogP contribution in [0, 0.1) is 13.8 Å². The SMILES string of the molecule is Cc1cnc(C)n1CCN. The summed E-state index contributed by atoms with van der Waals surface area (Å²) >= 11 is 0. The van der Waals surface area contributed by atoms with Gasteiger partial charge in [0, 0.05) is 25.0 Å². The Kier molecular flexibility index (Phi) is 2.06. The molecular weight excluding hydrogens is 126 g/mol. The van der Waals surface area contributed by atoms with Crippen molar-refractivity contribution in [1.82, 2.24) is 9.55 Å². The fourth-order valence-electron chi connectivity index (χ4n) is 1.05. The van der Waals surface area contributed by atoms with E-state index < -0.39 is 0 Å². The summed E-state index contributed by atoms with van der Waals surface area (Å²) in [5.74, 6) is 1.04. The number of hydrogen-bond acceptors (Lipinski definition) is 2. The van der Waals surface area contributed by atoms with E-state index in [9.17, 15) is 0 Å². The second-order valence-corrected chi connectivity index (χ2v) is 2.39. The second kappa shape index (κ2) is 2.84. The number of hydrogen-bond donors (Lipinski definition) is 1. The average Bonchev–Trinajstić information content (AvgIpc) is 2.20. The first-order valence-corrected chi connectivity index (χ1v) is 3.44. The van der Waals surface area contributed by atoms with Gasteiger partial charge in [-0.1, -0.05) is 0 Å². The number of aryl methyl sites for hydroxylation is 2. The molecule has 0 unspecified atom stereocenters. The van der Waals surface area contributed by atoms with Crippen molar-refractivity contribution in [3.8, 4) is 0 Å². The van der Waals surface area contributed by atoms with E-state index in [0.29, 0.717) is 6.54 Å². The van der Waals surface area contributed by atoms with Crippen molar-refractivity contribution in [2.75, 3.05) is 6.54 Å². The Morgan fingerprint density at radius 1 is 1.60 bits per heavy atom. The zero-order valence-electron chi connectivity index (χ0n) is 6.46. The molecular formula is C7H13N3. The van der Waals surface area contributed by atoms with E-state index in [-0.39, 0.29) is 0 Å². The lowest BCUT2D eigenvalue weighted by atomic mass is 10.5. The van der Waals surface area contributed by atoms with E-state index in [0.717, 1.165) is 12.4 Å². The first kappa shape index (κ1) is 7.28. The molecule has 0 spiro atoms. The number of nitrogens with two attached hydrogens (primary N) is 1. The molecule has 3 nitrogen and oxygen atoms in total. The highest BCUT2D eigenvalue weighted by Gasteiger charge is 1.98. The summed E-state index contributed by atoms with van der Waals surface area (Å²) in [6, 6.07) is 0. The van der Waals surface area contributed by atoms with Crippen LogP contribution in [-0.2, 0) is 6.54 Å². The van der Waals surface area contributed by atoms with Crippen molar-refractivity contribution in [1.29, 1.82) is 0 Å². The minimum atomic E-state index is 0.679. The minimum absolute atomic E-state index is 0.679. The summed E-state index contributed by atoms with van der Waals surface area (Å²) in [4.78, 5) is 4.14. The van der Waals surface area contributed by atoms with Crippen molar-refractivity contribution in [3.63, 3.8) is 0 Å². The Balaban J connectivity index is 2.87. The van der Waals surface area contributed by atoms with Crippen LogP contribution in [0.5, 0.6) is 0 Å². The van der Waals surface area contributed by atoms with Crippen LogP contribution in [-0.4, -0.2) is 16.1 Å². The Labute approximate surface area is 60.9 Å². The van der Waals surface area contributed by atoms with Gasteiger partial charge in [-0.15, -0.1) is 0 Å². The highest BCUT2D eigenvalue weighted by molar-refractivity contribution is 5.01. The zero-order chi connectivity index (χ0) is 7.56. The predicted molar refractivity (Wildman–Crippen MR) is 40.8 cm³/mol. The van der Waals surface area contributed by atoms with Gasteiger partial charge in [0.05, 0.1) is 0 Å². The Hall–Kier alpha value is -0.830. The van der Waals surface area contributed by atoms with Crippen LogP contribution in [0.15, 0.2) is 6.20 Å². The van der Waals surface area contributed by atoms with Gasteiger partial charge in [0.25, 0.3) is 0 Å². The van der Waals surface area contributed by atoms with Crippen molar-refractivity contribution in [3.05, 3.63) is 17.7 Å². The van der Waals surface area contributed by atoms with Crippen LogP contribution in [0.1, 0.15) is 11.5 Å². The van der Waals surface area contributed by atoms with E-state index in [2.05, 4.69) is 9.55 Å². The van der Waals surface area contributed by atoms with Gasteiger partial charge in [0.2, 0.25) is 0 Å². The molecule has 0 bridgehead atoms. The largest absolute Gasteiger partial charge is 0.331 e. The lowest BCUT2D eigenvalue weighted by Gasteiger charge is -2.03. The summed E-state index contributed by atoms with van der Waals surface area (Å²) in [5, 5.41) is 0. The van der Waals surface area contributed by atoms with Gasteiger partial charge >= 0.3 is 0 Å². The predicted octanol–water partition coefficient (Wildman–Crippen LogP) is 0.459. The van der Waals surface area contributed by atoms with E-state index >= 15 is 0 Å². The first-order valence-electron chi connectivity index (χ1n) is 3.44. The standard InChI is InChI=1S/C7H13N3/c1-6-5-9-7(2)10(6)4-3-8/h5H,3-4,8H2,1-2H3. The maximum Gasteiger partial charge on any atom is 0.105 e. The molecule has 0 amide bonds. The maximum atomic E-state index is 5.41. The highest BCUT2D eigenvalue weighted by atomic mass is 15.1. The van der Waals surface area contributed by atoms with Gasteiger partial charge in [0.15, 0.2) is 0 Å². The molecule has 0 aliphatic heterocycles. The second-order valence-electron chi connectivity index (χ2n) is 2.39. The average molecular weight is 139 g/mol. The fraction of sp³-hybridized carbons (Fsp3) is 0.571. The molecule has 0 atom stereocenters. The number of aromatic nitrogens is 2. The molecule has 3 heteroatoms. The van der Waals surface area contributed by atoms with Crippen LogP contribution in [0.2, 0.25) is 0 Å². The third-order valence-corrected chi connectivity index (χ3v) is 1.61. The zero-order valence-corrected chi connectivity index (χ0v) is 6.46. The lowest BCUT2D eigenvalue weighted by Crippen LogP contribution is -2.12. The summed E-state index contributed by atoms with van der Waals surface area (Å²) in [7, 11) is 0. The van der Waals surface area contributed by atoms with Gasteiger partial charge in [-0.2, -0.15) is 0 Å². The monoisotopic (exact) mass is 139 g/mol. The molecule has 56 valence electrons. The van der Waals surface area contributed by atoms with Crippen LogP contribution < -0.4 is 5.73 Å². The number of nitrogens with zero attached hydrogens (tertiary/aromatic N) is 2. The molecule has 1 rings (SSSR count). The van der Waals surface area contributed by atoms with Crippen LogP contribution >= 0.6 is 0 Å². The van der Waals surface area contributed by atoms with Crippen LogP contribution in [0.25, 0.3) is 0 Å². The van der Waals surface area contributed by atoms with Gasteiger partial charge in [-0.25, -0.2) is 4.98 Å². The molecule has 1 aromatic rings. The highest BCUT2D eigenvalue weighted by Crippen LogP contribution is 2.00. The Bertz CT molecular complexity index is 195. The Morgan fingerprint density at radius 2 is 2.30 bits per heavy atom. The van der Waals surface area contributed by atoms with Crippen LogP contribution in [0.4, 0.5) is 0 Å². The third kappa shape index (κ3) is 1.19. The molecule has 0 fully saturated rings. The molecule has 1 aromatic heterocycles. The summed E-state index contributed by atoms with van der Waals surface area (Å²) in [6.45, 7) is 5.58. The van der Waals surface area contributed by atoms with Gasteiger partial charge in [0.1, 0.15) is 5.82 Å². The summed E-state index contributed by atoms with van der Waals surface area (Å²) in [6.07, 6.45) is 1.87. The topological polar surface area (TPSA) is 43.8 Å². The smallest absolute Gasteiger partial charge is 0.105 e. The normalized spacial score (nSPS) is 10.3. The molecule has 10 heavy (non-hydrogen) atoms. The third-order valence-electron chi connectivity index (χ3n) is 1.61. The maximum absolute atomic E-state index is 5.41. The minimum Gasteiger partial charge on any atom is -0.331 e. The molecule has 0 radical (unpaired) electrons. The molecule has 1 heterocycles. The summed E-state index contributed by atoms with van der Waals surface area (Å²) in [5.41, 5.74) is 6.59. The van der Waals surface area contributed by atoms with Gasteiger partial charge in [-0.3, -0.25) is 0 Å². The van der Waals surface area contributed by atoms with Gasteiger partial charge < -0.3 is 10.3 Å². The van der Waals surface area contributed by atoms with E-state index in [1.54, 1.807) is 0 Å². The van der Waals surface area contributed by atoms with Crippen molar-refractivity contribution >= 4 is 0 Å². The number of imidazole rings is 1. The van der Waals surface area contributed by atoms with Crippen molar-refractivity contribution in [2.24, 2.45) is 5.73 Å². The molecule has 0 aromatic carbocycles. The van der Waals surface area contributed by atoms with Crippen LogP contribution in [0.3, 0.4) is 0 Å². The summed E-state index contributed by atoms with van der Waals surface area (Å²) < 4.78 is 2.11. The molecule has 0 aliphatic rings. The fourth-order valence-corrected chi connectivity index (χ4v) is 1.05. The molecule has 2 N–H and O–H groups in total. The lowest BCUT2D eigenvalue weighted by molar-refractivity contribution is 0.667. The van der Waals surface area contributed by atoms with Gasteiger partial charge in [-0.05, 0) is 13.8 Å². The van der Waals surface area contributed by atoms with Crippen molar-refractivity contribution in [2.45, 2.75) is 20.4 Å². The van der Waals surface area contributed by atoms with E-state index in [4.69, 9.17) is 5.73 Å².